The van der Waals surface area contributed by atoms with E-state index < -0.39 is 0 Å². The summed E-state index contributed by atoms with van der Waals surface area (Å²) in [6.07, 6.45) is 4.07. The van der Waals surface area contributed by atoms with Gasteiger partial charge in [0.2, 0.25) is 0 Å². The molecular weight excluding hydrogens is 230 g/mol. The number of thioether (sulfide) groups is 1. The maximum absolute atomic E-state index is 4.59. The van der Waals surface area contributed by atoms with Crippen molar-refractivity contribution in [2.24, 2.45) is 10.9 Å². The van der Waals surface area contributed by atoms with E-state index in [-0.39, 0.29) is 0 Å². The van der Waals surface area contributed by atoms with Gasteiger partial charge in [0.15, 0.2) is 5.17 Å². The minimum Gasteiger partial charge on any atom is -0.364 e. The topological polar surface area (TPSA) is 27.6 Å². The van der Waals surface area contributed by atoms with Crippen LogP contribution in [0.2, 0.25) is 0 Å². The zero-order chi connectivity index (χ0) is 12.3. The molecule has 4 heteroatoms. The molecule has 2 atom stereocenters. The van der Waals surface area contributed by atoms with Gasteiger partial charge in [-0.1, -0.05) is 18.7 Å². The van der Waals surface area contributed by atoms with Crippen molar-refractivity contribution in [3.63, 3.8) is 0 Å². The molecule has 1 heterocycles. The molecular formula is C13H25N3S. The lowest BCUT2D eigenvalue weighted by Gasteiger charge is -2.23. The van der Waals surface area contributed by atoms with Crippen molar-refractivity contribution in [2.45, 2.75) is 44.4 Å². The monoisotopic (exact) mass is 255 g/mol. The fraction of sp³-hybridized carbons (Fsp3) is 0.923. The fourth-order valence-corrected chi connectivity index (χ4v) is 3.31. The fourth-order valence-electron chi connectivity index (χ4n) is 2.07. The lowest BCUT2D eigenvalue weighted by Crippen LogP contribution is -2.36. The third kappa shape index (κ3) is 3.88. The van der Waals surface area contributed by atoms with Crippen LogP contribution in [0.25, 0.3) is 0 Å². The van der Waals surface area contributed by atoms with Gasteiger partial charge in [-0.3, -0.25) is 4.99 Å². The third-order valence-corrected chi connectivity index (χ3v) is 5.24. The average Bonchev–Trinajstić information content (AvgIpc) is 3.08. The smallest absolute Gasteiger partial charge is 0.156 e. The second-order valence-corrected chi connectivity index (χ2v) is 6.53. The van der Waals surface area contributed by atoms with Gasteiger partial charge in [0, 0.05) is 24.4 Å². The van der Waals surface area contributed by atoms with Gasteiger partial charge in [0.1, 0.15) is 0 Å². The lowest BCUT2D eigenvalue weighted by atomic mass is 10.2. The van der Waals surface area contributed by atoms with Crippen LogP contribution >= 0.6 is 11.8 Å². The number of hydrogen-bond donors (Lipinski definition) is 1. The van der Waals surface area contributed by atoms with Crippen LogP contribution in [-0.2, 0) is 0 Å². The second kappa shape index (κ2) is 6.10. The molecule has 0 aromatic carbocycles. The van der Waals surface area contributed by atoms with Crippen LogP contribution in [0.15, 0.2) is 4.99 Å². The van der Waals surface area contributed by atoms with Crippen molar-refractivity contribution in [2.75, 3.05) is 26.7 Å². The molecule has 0 bridgehead atoms. The van der Waals surface area contributed by atoms with Crippen LogP contribution in [-0.4, -0.2) is 48.0 Å². The third-order valence-electron chi connectivity index (χ3n) is 3.91. The number of aliphatic imine (C=N–C) groups is 1. The number of rotatable bonds is 6. The predicted octanol–water partition coefficient (Wildman–Crippen LogP) is 2.19. The van der Waals surface area contributed by atoms with Gasteiger partial charge in [-0.25, -0.2) is 0 Å². The number of amidine groups is 1. The molecule has 3 nitrogen and oxygen atoms in total. The van der Waals surface area contributed by atoms with Gasteiger partial charge in [-0.2, -0.15) is 0 Å². The molecule has 1 fully saturated rings. The lowest BCUT2D eigenvalue weighted by molar-refractivity contribution is 0.256. The SMILES string of the molecule is CCC(C)N(C)CCNC1=NCC(C2CC2)S1. The van der Waals surface area contributed by atoms with Crippen LogP contribution in [0.4, 0.5) is 0 Å². The van der Waals surface area contributed by atoms with E-state index >= 15 is 0 Å². The van der Waals surface area contributed by atoms with Gasteiger partial charge in [0.25, 0.3) is 0 Å². The van der Waals surface area contributed by atoms with Crippen molar-refractivity contribution in [3.8, 4) is 0 Å². The van der Waals surface area contributed by atoms with Gasteiger partial charge in [0.05, 0.1) is 6.54 Å². The molecule has 1 aliphatic heterocycles. The summed E-state index contributed by atoms with van der Waals surface area (Å²) in [7, 11) is 2.20. The minimum absolute atomic E-state index is 0.675. The Morgan fingerprint density at radius 1 is 1.53 bits per heavy atom. The van der Waals surface area contributed by atoms with Crippen molar-refractivity contribution in [3.05, 3.63) is 0 Å². The van der Waals surface area contributed by atoms with Gasteiger partial charge < -0.3 is 10.2 Å². The maximum Gasteiger partial charge on any atom is 0.156 e. The van der Waals surface area contributed by atoms with Gasteiger partial charge >= 0.3 is 0 Å². The van der Waals surface area contributed by atoms with Crippen molar-refractivity contribution in [1.82, 2.24) is 10.2 Å². The molecule has 0 aromatic rings. The summed E-state index contributed by atoms with van der Waals surface area (Å²) in [6, 6.07) is 0.675. The summed E-state index contributed by atoms with van der Waals surface area (Å²) < 4.78 is 0. The Bertz CT molecular complexity index is 276. The highest BCUT2D eigenvalue weighted by molar-refractivity contribution is 8.14. The zero-order valence-electron chi connectivity index (χ0n) is 11.3. The molecule has 0 saturated heterocycles. The van der Waals surface area contributed by atoms with E-state index in [1.807, 2.05) is 11.8 Å². The Kier molecular flexibility index (Phi) is 4.74. The molecule has 2 rings (SSSR count). The molecule has 1 saturated carbocycles. The standard InChI is InChI=1S/C13H25N3S/c1-4-10(2)16(3)8-7-14-13-15-9-12(17-13)11-5-6-11/h10-12H,4-9H2,1-3H3,(H,14,15). The summed E-state index contributed by atoms with van der Waals surface area (Å²) in [5, 5.41) is 5.44. The Balaban J connectivity index is 1.59. The molecule has 1 aliphatic carbocycles. The molecule has 0 amide bonds. The van der Waals surface area contributed by atoms with E-state index in [0.29, 0.717) is 6.04 Å². The van der Waals surface area contributed by atoms with E-state index in [1.54, 1.807) is 0 Å². The van der Waals surface area contributed by atoms with E-state index in [4.69, 9.17) is 0 Å². The minimum atomic E-state index is 0.675. The highest BCUT2D eigenvalue weighted by Gasteiger charge is 2.35. The first-order valence-electron chi connectivity index (χ1n) is 6.86. The summed E-state index contributed by atoms with van der Waals surface area (Å²) in [5.74, 6) is 0.964. The summed E-state index contributed by atoms with van der Waals surface area (Å²) in [6.45, 7) is 7.68. The van der Waals surface area contributed by atoms with E-state index in [0.717, 1.165) is 30.8 Å². The van der Waals surface area contributed by atoms with Crippen molar-refractivity contribution < 1.29 is 0 Å². The van der Waals surface area contributed by atoms with Crippen molar-refractivity contribution in [1.29, 1.82) is 0 Å². The van der Waals surface area contributed by atoms with E-state index in [9.17, 15) is 0 Å². The summed E-state index contributed by atoms with van der Waals surface area (Å²) in [5.41, 5.74) is 0. The summed E-state index contributed by atoms with van der Waals surface area (Å²) >= 11 is 1.97. The average molecular weight is 255 g/mol. The van der Waals surface area contributed by atoms with Crippen LogP contribution in [0.5, 0.6) is 0 Å². The molecule has 0 radical (unpaired) electrons. The van der Waals surface area contributed by atoms with Gasteiger partial charge in [-0.15, -0.1) is 0 Å². The highest BCUT2D eigenvalue weighted by atomic mass is 32.2. The first kappa shape index (κ1) is 13.2. The molecule has 17 heavy (non-hydrogen) atoms. The number of likely N-dealkylation sites (N-methyl/N-ethyl adjacent to an activating group) is 1. The molecule has 1 N–H and O–H groups in total. The van der Waals surface area contributed by atoms with Gasteiger partial charge in [-0.05, 0) is 39.2 Å². The highest BCUT2D eigenvalue weighted by Crippen LogP contribution is 2.41. The zero-order valence-corrected chi connectivity index (χ0v) is 12.1. The Morgan fingerprint density at radius 3 is 2.94 bits per heavy atom. The van der Waals surface area contributed by atoms with E-state index in [2.05, 4.69) is 36.1 Å². The number of nitrogens with zero attached hydrogens (tertiary/aromatic N) is 2. The van der Waals surface area contributed by atoms with E-state index in [1.165, 1.54) is 24.4 Å². The van der Waals surface area contributed by atoms with Crippen LogP contribution in [0, 0.1) is 5.92 Å². The molecule has 2 aliphatic rings. The largest absolute Gasteiger partial charge is 0.364 e. The van der Waals surface area contributed by atoms with Crippen LogP contribution in [0.1, 0.15) is 33.1 Å². The maximum atomic E-state index is 4.59. The Hall–Kier alpha value is -0.220. The molecule has 0 aromatic heterocycles. The Morgan fingerprint density at radius 2 is 2.29 bits per heavy atom. The summed E-state index contributed by atoms with van der Waals surface area (Å²) in [4.78, 5) is 7.00. The first-order chi connectivity index (χ1) is 8.20. The predicted molar refractivity (Wildman–Crippen MR) is 76.8 cm³/mol. The quantitative estimate of drug-likeness (QED) is 0.788. The molecule has 98 valence electrons. The van der Waals surface area contributed by atoms with Crippen molar-refractivity contribution >= 4 is 16.9 Å². The molecule has 2 unspecified atom stereocenters. The number of hydrogen-bond acceptors (Lipinski definition) is 4. The number of nitrogens with one attached hydrogen (secondary N) is 1. The normalized spacial score (nSPS) is 26.1. The van der Waals surface area contributed by atoms with Crippen LogP contribution < -0.4 is 5.32 Å². The van der Waals surface area contributed by atoms with Crippen LogP contribution in [0.3, 0.4) is 0 Å². The Labute approximate surface area is 109 Å². The molecule has 0 spiro atoms. The second-order valence-electron chi connectivity index (χ2n) is 5.30. The first-order valence-corrected chi connectivity index (χ1v) is 7.74.